The fourth-order valence-electron chi connectivity index (χ4n) is 4.21. The van der Waals surface area contributed by atoms with Crippen molar-refractivity contribution in [2.24, 2.45) is 5.92 Å². The third-order valence-corrected chi connectivity index (χ3v) is 6.28. The highest BCUT2D eigenvalue weighted by atomic mass is 16.2. The molecule has 1 aliphatic heterocycles. The Kier molecular flexibility index (Phi) is 5.31. The number of nitrogens with one attached hydrogen (secondary N) is 2. The Morgan fingerprint density at radius 2 is 1.91 bits per heavy atom. The van der Waals surface area contributed by atoms with Crippen LogP contribution >= 0.6 is 0 Å². The molecule has 8 heteroatoms. The highest BCUT2D eigenvalue weighted by Gasteiger charge is 2.32. The van der Waals surface area contributed by atoms with Gasteiger partial charge in [-0.25, -0.2) is 9.97 Å². The van der Waals surface area contributed by atoms with Gasteiger partial charge < -0.3 is 15.2 Å². The molecule has 1 saturated carbocycles. The van der Waals surface area contributed by atoms with Crippen molar-refractivity contribution in [3.8, 4) is 6.07 Å². The van der Waals surface area contributed by atoms with Crippen LogP contribution in [0.5, 0.6) is 0 Å². The summed E-state index contributed by atoms with van der Waals surface area (Å²) in [7, 11) is 0. The second-order valence-corrected chi connectivity index (χ2v) is 8.51. The highest BCUT2D eigenvalue weighted by Crippen LogP contribution is 2.39. The van der Waals surface area contributed by atoms with E-state index in [0.29, 0.717) is 48.6 Å². The van der Waals surface area contributed by atoms with Crippen LogP contribution in [0.4, 0.5) is 0 Å². The third-order valence-electron chi connectivity index (χ3n) is 6.28. The molecule has 162 valence electrons. The Hall–Kier alpha value is -3.73. The van der Waals surface area contributed by atoms with E-state index in [1.54, 1.807) is 17.3 Å². The van der Waals surface area contributed by atoms with Crippen LogP contribution in [0.1, 0.15) is 59.3 Å². The molecule has 1 saturated heterocycles. The Morgan fingerprint density at radius 3 is 2.59 bits per heavy atom. The van der Waals surface area contributed by atoms with Crippen LogP contribution in [-0.4, -0.2) is 44.8 Å². The fourth-order valence-corrected chi connectivity index (χ4v) is 4.21. The van der Waals surface area contributed by atoms with E-state index in [-0.39, 0.29) is 17.7 Å². The van der Waals surface area contributed by atoms with Gasteiger partial charge in [-0.05, 0) is 31.2 Å². The van der Waals surface area contributed by atoms with Crippen LogP contribution < -0.4 is 5.32 Å². The Labute approximate surface area is 185 Å². The first kappa shape index (κ1) is 20.2. The van der Waals surface area contributed by atoms with Gasteiger partial charge in [0.25, 0.3) is 5.91 Å². The maximum atomic E-state index is 13.4. The molecule has 0 bridgehead atoms. The van der Waals surface area contributed by atoms with Crippen molar-refractivity contribution in [1.29, 1.82) is 5.26 Å². The minimum absolute atomic E-state index is 0.0192. The molecule has 8 nitrogen and oxygen atoms in total. The van der Waals surface area contributed by atoms with Crippen molar-refractivity contribution in [3.05, 3.63) is 59.5 Å². The number of amides is 2. The van der Waals surface area contributed by atoms with Crippen molar-refractivity contribution in [1.82, 2.24) is 25.2 Å². The first-order valence-corrected chi connectivity index (χ1v) is 11.0. The number of H-pyrrole nitrogens is 1. The molecule has 2 fully saturated rings. The molecule has 32 heavy (non-hydrogen) atoms. The number of aromatic amines is 1. The first-order valence-electron chi connectivity index (χ1n) is 11.0. The van der Waals surface area contributed by atoms with E-state index in [9.17, 15) is 9.59 Å². The molecule has 2 aromatic heterocycles. The van der Waals surface area contributed by atoms with Crippen LogP contribution in [0.25, 0.3) is 11.2 Å². The van der Waals surface area contributed by atoms with Crippen molar-refractivity contribution in [3.63, 3.8) is 0 Å². The van der Waals surface area contributed by atoms with Crippen molar-refractivity contribution in [2.45, 2.75) is 37.6 Å². The van der Waals surface area contributed by atoms with E-state index >= 15 is 0 Å². The van der Waals surface area contributed by atoms with Gasteiger partial charge in [0.05, 0.1) is 23.5 Å². The minimum atomic E-state index is -0.813. The summed E-state index contributed by atoms with van der Waals surface area (Å²) in [5.41, 5.74) is 3.09. The van der Waals surface area contributed by atoms with E-state index in [0.717, 1.165) is 24.1 Å². The monoisotopic (exact) mass is 428 g/mol. The zero-order valence-electron chi connectivity index (χ0n) is 17.6. The number of fused-ring (bicyclic) bond motifs is 1. The topological polar surface area (TPSA) is 115 Å². The zero-order valence-corrected chi connectivity index (χ0v) is 17.6. The number of nitrogens with zero attached hydrogens (tertiary/aromatic N) is 4. The summed E-state index contributed by atoms with van der Waals surface area (Å²) in [4.78, 5) is 40.5. The molecular weight excluding hydrogens is 404 g/mol. The molecule has 1 aliphatic carbocycles. The normalized spacial score (nSPS) is 17.7. The molecular formula is C24H24N6O2. The summed E-state index contributed by atoms with van der Waals surface area (Å²) in [6.07, 6.45) is 6.86. The first-order chi connectivity index (χ1) is 15.6. The lowest BCUT2D eigenvalue weighted by Gasteiger charge is -2.32. The predicted octanol–water partition coefficient (Wildman–Crippen LogP) is 3.07. The van der Waals surface area contributed by atoms with Gasteiger partial charge in [-0.1, -0.05) is 30.3 Å². The van der Waals surface area contributed by atoms with E-state index in [4.69, 9.17) is 5.26 Å². The maximum absolute atomic E-state index is 13.4. The lowest BCUT2D eigenvalue weighted by molar-refractivity contribution is -0.134. The van der Waals surface area contributed by atoms with Crippen LogP contribution in [0.15, 0.2) is 42.7 Å². The largest absolute Gasteiger partial charge is 0.344 e. The van der Waals surface area contributed by atoms with E-state index in [2.05, 4.69) is 26.3 Å². The quantitative estimate of drug-likeness (QED) is 0.648. The predicted molar refractivity (Wildman–Crippen MR) is 117 cm³/mol. The highest BCUT2D eigenvalue weighted by molar-refractivity contribution is 6.06. The number of nitriles is 1. The summed E-state index contributed by atoms with van der Waals surface area (Å²) < 4.78 is 0. The molecule has 3 heterocycles. The Morgan fingerprint density at radius 1 is 1.16 bits per heavy atom. The smallest absolute Gasteiger partial charge is 0.256 e. The summed E-state index contributed by atoms with van der Waals surface area (Å²) >= 11 is 0. The van der Waals surface area contributed by atoms with Gasteiger partial charge in [-0.2, -0.15) is 5.26 Å². The molecule has 1 atom stereocenters. The number of carbonyl (C=O) groups excluding carboxylic acids is 2. The Bertz CT molecular complexity index is 1190. The molecule has 2 aliphatic rings. The number of carbonyl (C=O) groups is 2. The molecule has 5 rings (SSSR count). The third kappa shape index (κ3) is 3.94. The second-order valence-electron chi connectivity index (χ2n) is 8.51. The molecule has 0 unspecified atom stereocenters. The van der Waals surface area contributed by atoms with Crippen molar-refractivity contribution >= 4 is 23.0 Å². The van der Waals surface area contributed by atoms with Crippen LogP contribution in [-0.2, 0) is 4.79 Å². The van der Waals surface area contributed by atoms with Gasteiger partial charge >= 0.3 is 0 Å². The van der Waals surface area contributed by atoms with Gasteiger partial charge in [0.15, 0.2) is 5.65 Å². The SMILES string of the molecule is N#CC1CCN(C(=O)[C@H](NC(=O)c2c[nH]c3ncc(C4CC4)nc23)c2ccccc2)CC1. The van der Waals surface area contributed by atoms with Crippen LogP contribution in [0.2, 0.25) is 0 Å². The molecule has 2 amide bonds. The van der Waals surface area contributed by atoms with Gasteiger partial charge in [0.1, 0.15) is 11.6 Å². The fraction of sp³-hybridized carbons (Fsp3) is 0.375. The Balaban J connectivity index is 1.41. The average molecular weight is 428 g/mol. The number of rotatable bonds is 5. The number of hydrogen-bond donors (Lipinski definition) is 2. The van der Waals surface area contributed by atoms with Gasteiger partial charge in [-0.3, -0.25) is 9.59 Å². The molecule has 1 aromatic carbocycles. The number of benzene rings is 1. The van der Waals surface area contributed by atoms with E-state index < -0.39 is 6.04 Å². The van der Waals surface area contributed by atoms with E-state index in [1.165, 1.54) is 0 Å². The van der Waals surface area contributed by atoms with Crippen LogP contribution in [0.3, 0.4) is 0 Å². The van der Waals surface area contributed by atoms with Crippen molar-refractivity contribution < 1.29 is 9.59 Å². The van der Waals surface area contributed by atoms with Gasteiger partial charge in [0, 0.05) is 31.1 Å². The van der Waals surface area contributed by atoms with Crippen molar-refractivity contribution in [2.75, 3.05) is 13.1 Å². The van der Waals surface area contributed by atoms with E-state index in [1.807, 2.05) is 30.3 Å². The maximum Gasteiger partial charge on any atom is 0.256 e. The second kappa shape index (κ2) is 8.42. The van der Waals surface area contributed by atoms with Gasteiger partial charge in [-0.15, -0.1) is 0 Å². The van der Waals surface area contributed by atoms with Crippen LogP contribution in [0, 0.1) is 17.2 Å². The zero-order chi connectivity index (χ0) is 22.1. The molecule has 0 spiro atoms. The molecule has 0 radical (unpaired) electrons. The number of likely N-dealkylation sites (tertiary alicyclic amines) is 1. The number of hydrogen-bond acceptors (Lipinski definition) is 5. The standard InChI is InChI=1S/C24H24N6O2/c25-12-15-8-10-30(11-9-15)24(32)20(17-4-2-1-3-5-17)29-23(31)18-13-26-22-21(18)28-19(14-27-22)16-6-7-16/h1-5,13-16,20H,6-11H2,(H,26,27)(H,29,31)/t20-/m1/s1. The summed E-state index contributed by atoms with van der Waals surface area (Å²) in [6.45, 7) is 1.03. The van der Waals surface area contributed by atoms with Gasteiger partial charge in [0.2, 0.25) is 5.91 Å². The lowest BCUT2D eigenvalue weighted by Crippen LogP contribution is -2.46. The summed E-state index contributed by atoms with van der Waals surface area (Å²) in [6, 6.07) is 10.7. The number of piperidine rings is 1. The number of aromatic nitrogens is 3. The summed E-state index contributed by atoms with van der Waals surface area (Å²) in [5.74, 6) is -0.125. The average Bonchev–Trinajstić information content (AvgIpc) is 3.61. The minimum Gasteiger partial charge on any atom is -0.344 e. The molecule has 3 aromatic rings. The lowest BCUT2D eigenvalue weighted by atomic mass is 9.97. The molecule has 2 N–H and O–H groups in total. The summed E-state index contributed by atoms with van der Waals surface area (Å²) in [5, 5.41) is 12.1.